The highest BCUT2D eigenvalue weighted by molar-refractivity contribution is 6.00. The molecule has 0 spiro atoms. The van der Waals surface area contributed by atoms with Crippen LogP contribution < -0.4 is 5.32 Å². The fourth-order valence-corrected chi connectivity index (χ4v) is 1.86. The SMILES string of the molecule is CC(NC(=O)c1cnn2ccncc12)c1cn[nH]c1. The van der Waals surface area contributed by atoms with E-state index in [-0.39, 0.29) is 11.9 Å². The summed E-state index contributed by atoms with van der Waals surface area (Å²) in [4.78, 5) is 16.2. The summed E-state index contributed by atoms with van der Waals surface area (Å²) in [6, 6.07) is -0.127. The van der Waals surface area contributed by atoms with E-state index in [0.29, 0.717) is 11.1 Å². The second-order valence-corrected chi connectivity index (χ2v) is 4.19. The molecule has 7 heteroatoms. The van der Waals surface area contributed by atoms with Crippen LogP contribution in [0.5, 0.6) is 0 Å². The van der Waals surface area contributed by atoms with Crippen molar-refractivity contribution >= 4 is 11.4 Å². The lowest BCUT2D eigenvalue weighted by Gasteiger charge is -2.11. The van der Waals surface area contributed by atoms with E-state index in [2.05, 4.69) is 25.6 Å². The second-order valence-electron chi connectivity index (χ2n) is 4.19. The molecule has 0 aliphatic heterocycles. The van der Waals surface area contributed by atoms with Crippen molar-refractivity contribution in [3.8, 4) is 0 Å². The molecule has 7 nitrogen and oxygen atoms in total. The molecule has 3 rings (SSSR count). The van der Waals surface area contributed by atoms with Crippen LogP contribution in [0.15, 0.2) is 37.2 Å². The van der Waals surface area contributed by atoms with Crippen LogP contribution in [-0.4, -0.2) is 30.7 Å². The molecule has 96 valence electrons. The van der Waals surface area contributed by atoms with Crippen molar-refractivity contribution in [2.45, 2.75) is 13.0 Å². The number of aromatic nitrogens is 5. The Morgan fingerprint density at radius 3 is 3.11 bits per heavy atom. The number of amides is 1. The minimum atomic E-state index is -0.184. The molecule has 0 saturated heterocycles. The van der Waals surface area contributed by atoms with Crippen LogP contribution in [0.25, 0.3) is 5.52 Å². The lowest BCUT2D eigenvalue weighted by molar-refractivity contribution is 0.0941. The Morgan fingerprint density at radius 1 is 1.42 bits per heavy atom. The van der Waals surface area contributed by atoms with E-state index >= 15 is 0 Å². The molecule has 3 aromatic rings. The average Bonchev–Trinajstić information content (AvgIpc) is 3.08. The zero-order chi connectivity index (χ0) is 13.2. The van der Waals surface area contributed by atoms with E-state index < -0.39 is 0 Å². The fraction of sp³-hybridized carbons (Fsp3) is 0.167. The largest absolute Gasteiger partial charge is 0.345 e. The van der Waals surface area contributed by atoms with Gasteiger partial charge in [0.1, 0.15) is 0 Å². The number of hydrogen-bond donors (Lipinski definition) is 2. The van der Waals surface area contributed by atoms with Crippen LogP contribution in [-0.2, 0) is 0 Å². The maximum absolute atomic E-state index is 12.2. The monoisotopic (exact) mass is 256 g/mol. The van der Waals surface area contributed by atoms with E-state index in [9.17, 15) is 4.79 Å². The molecule has 3 heterocycles. The number of nitrogens with zero attached hydrogens (tertiary/aromatic N) is 4. The molecule has 2 N–H and O–H groups in total. The van der Waals surface area contributed by atoms with Gasteiger partial charge in [-0.3, -0.25) is 14.9 Å². The van der Waals surface area contributed by atoms with Crippen molar-refractivity contribution in [1.82, 2.24) is 30.1 Å². The van der Waals surface area contributed by atoms with Gasteiger partial charge in [-0.05, 0) is 6.92 Å². The molecule has 0 bridgehead atoms. The number of rotatable bonds is 3. The standard InChI is InChI=1S/C12H12N6O/c1-8(9-4-14-15-5-9)17-12(19)10-6-16-18-3-2-13-7-11(10)18/h2-8H,1H3,(H,14,15)(H,17,19). The fourth-order valence-electron chi connectivity index (χ4n) is 1.86. The van der Waals surface area contributed by atoms with E-state index in [1.807, 2.05) is 6.92 Å². The lowest BCUT2D eigenvalue weighted by atomic mass is 10.2. The zero-order valence-corrected chi connectivity index (χ0v) is 10.2. The van der Waals surface area contributed by atoms with Crippen LogP contribution in [0.2, 0.25) is 0 Å². The molecule has 1 unspecified atom stereocenters. The molecular weight excluding hydrogens is 244 g/mol. The number of carbonyl (C=O) groups excluding carboxylic acids is 1. The molecule has 19 heavy (non-hydrogen) atoms. The van der Waals surface area contributed by atoms with Crippen LogP contribution in [0.4, 0.5) is 0 Å². The molecule has 0 fully saturated rings. The molecule has 0 saturated carbocycles. The van der Waals surface area contributed by atoms with Crippen molar-refractivity contribution in [2.75, 3.05) is 0 Å². The van der Waals surface area contributed by atoms with Crippen molar-refractivity contribution in [3.05, 3.63) is 48.3 Å². The zero-order valence-electron chi connectivity index (χ0n) is 10.2. The van der Waals surface area contributed by atoms with Gasteiger partial charge in [0.05, 0.1) is 35.7 Å². The normalized spacial score (nSPS) is 12.5. The molecule has 1 atom stereocenters. The number of aromatic amines is 1. The summed E-state index contributed by atoms with van der Waals surface area (Å²) >= 11 is 0. The molecule has 0 aliphatic carbocycles. The maximum Gasteiger partial charge on any atom is 0.255 e. The smallest absolute Gasteiger partial charge is 0.255 e. The number of carbonyl (C=O) groups is 1. The Hall–Kier alpha value is -2.70. The molecule has 1 amide bonds. The number of fused-ring (bicyclic) bond motifs is 1. The van der Waals surface area contributed by atoms with Gasteiger partial charge in [0.2, 0.25) is 0 Å². The van der Waals surface area contributed by atoms with E-state index in [1.54, 1.807) is 35.5 Å². The highest BCUT2D eigenvalue weighted by Gasteiger charge is 2.16. The Morgan fingerprint density at radius 2 is 2.32 bits per heavy atom. The number of H-pyrrole nitrogens is 1. The Bertz CT molecular complexity index is 702. The van der Waals surface area contributed by atoms with Gasteiger partial charge >= 0.3 is 0 Å². The highest BCUT2D eigenvalue weighted by atomic mass is 16.1. The predicted molar refractivity (Wildman–Crippen MR) is 67.5 cm³/mol. The third-order valence-electron chi connectivity index (χ3n) is 2.94. The molecule has 0 aromatic carbocycles. The summed E-state index contributed by atoms with van der Waals surface area (Å²) in [7, 11) is 0. The Kier molecular flexibility index (Phi) is 2.71. The maximum atomic E-state index is 12.2. The Labute approximate surface area is 108 Å². The van der Waals surface area contributed by atoms with Crippen molar-refractivity contribution in [3.63, 3.8) is 0 Å². The first-order valence-corrected chi connectivity index (χ1v) is 5.82. The van der Waals surface area contributed by atoms with Gasteiger partial charge in [0.15, 0.2) is 0 Å². The predicted octanol–water partition coefficient (Wildman–Crippen LogP) is 0.943. The van der Waals surface area contributed by atoms with Crippen LogP contribution in [0.3, 0.4) is 0 Å². The van der Waals surface area contributed by atoms with E-state index in [4.69, 9.17) is 0 Å². The summed E-state index contributed by atoms with van der Waals surface area (Å²) in [5, 5.41) is 13.6. The topological polar surface area (TPSA) is 88.0 Å². The molecule has 0 aliphatic rings. The van der Waals surface area contributed by atoms with Gasteiger partial charge in [-0.2, -0.15) is 10.2 Å². The quantitative estimate of drug-likeness (QED) is 0.730. The summed E-state index contributed by atoms with van der Waals surface area (Å²) in [5.41, 5.74) is 2.10. The van der Waals surface area contributed by atoms with E-state index in [0.717, 1.165) is 5.56 Å². The first-order chi connectivity index (χ1) is 9.25. The van der Waals surface area contributed by atoms with E-state index in [1.165, 1.54) is 6.20 Å². The van der Waals surface area contributed by atoms with Gasteiger partial charge in [0, 0.05) is 24.2 Å². The average molecular weight is 256 g/mol. The summed E-state index contributed by atoms with van der Waals surface area (Å²) in [6.07, 6.45) is 9.91. The molecular formula is C12H12N6O. The minimum Gasteiger partial charge on any atom is -0.345 e. The highest BCUT2D eigenvalue weighted by Crippen LogP contribution is 2.13. The summed E-state index contributed by atoms with van der Waals surface area (Å²) in [5.74, 6) is -0.184. The van der Waals surface area contributed by atoms with Crippen molar-refractivity contribution in [1.29, 1.82) is 0 Å². The Balaban J connectivity index is 1.84. The number of nitrogens with one attached hydrogen (secondary N) is 2. The van der Waals surface area contributed by atoms with Gasteiger partial charge in [-0.15, -0.1) is 0 Å². The van der Waals surface area contributed by atoms with Gasteiger partial charge < -0.3 is 5.32 Å². The van der Waals surface area contributed by atoms with Crippen molar-refractivity contribution in [2.24, 2.45) is 0 Å². The first-order valence-electron chi connectivity index (χ1n) is 5.82. The van der Waals surface area contributed by atoms with Gasteiger partial charge in [0.25, 0.3) is 5.91 Å². The third kappa shape index (κ3) is 2.05. The molecule has 3 aromatic heterocycles. The second kappa shape index (κ2) is 4.52. The third-order valence-corrected chi connectivity index (χ3v) is 2.94. The number of hydrogen-bond acceptors (Lipinski definition) is 4. The van der Waals surface area contributed by atoms with Gasteiger partial charge in [-0.1, -0.05) is 0 Å². The van der Waals surface area contributed by atoms with Crippen LogP contribution in [0.1, 0.15) is 28.9 Å². The molecule has 0 radical (unpaired) electrons. The minimum absolute atomic E-state index is 0.127. The van der Waals surface area contributed by atoms with Crippen LogP contribution in [0, 0.1) is 0 Å². The lowest BCUT2D eigenvalue weighted by Crippen LogP contribution is -2.26. The summed E-state index contributed by atoms with van der Waals surface area (Å²) < 4.78 is 1.62. The van der Waals surface area contributed by atoms with Crippen LogP contribution >= 0.6 is 0 Å². The van der Waals surface area contributed by atoms with Gasteiger partial charge in [-0.25, -0.2) is 4.52 Å². The first kappa shape index (κ1) is 11.4. The summed E-state index contributed by atoms with van der Waals surface area (Å²) in [6.45, 7) is 1.90. The van der Waals surface area contributed by atoms with Crippen molar-refractivity contribution < 1.29 is 4.79 Å².